The Bertz CT molecular complexity index is 616. The molecule has 1 aromatic heterocycles. The highest BCUT2D eigenvalue weighted by Crippen LogP contribution is 2.12. The van der Waals surface area contributed by atoms with E-state index < -0.39 is 0 Å². The predicted octanol–water partition coefficient (Wildman–Crippen LogP) is 3.70. The molecule has 0 bridgehead atoms. The van der Waals surface area contributed by atoms with Crippen molar-refractivity contribution in [3.63, 3.8) is 0 Å². The van der Waals surface area contributed by atoms with Crippen LogP contribution >= 0.6 is 34.4 Å². The first-order valence-corrected chi connectivity index (χ1v) is 9.39. The van der Waals surface area contributed by atoms with E-state index in [-0.39, 0.29) is 5.56 Å². The number of benzene rings is 1. The SMILES string of the molecule is CCSCCc1c(C)[nH]n(-c2ccc(CI)cc2)c1=O. The number of H-pyrrole nitrogens is 1. The maximum absolute atomic E-state index is 12.5. The zero-order valence-electron chi connectivity index (χ0n) is 11.8. The average Bonchev–Trinajstić information content (AvgIpc) is 2.75. The second-order valence-corrected chi connectivity index (χ2v) is 6.76. The first kappa shape index (κ1) is 15.7. The summed E-state index contributed by atoms with van der Waals surface area (Å²) < 4.78 is 2.63. The van der Waals surface area contributed by atoms with Gasteiger partial charge in [0, 0.05) is 15.7 Å². The van der Waals surface area contributed by atoms with E-state index >= 15 is 0 Å². The minimum Gasteiger partial charge on any atom is -0.295 e. The van der Waals surface area contributed by atoms with Crippen molar-refractivity contribution in [3.05, 3.63) is 51.4 Å². The van der Waals surface area contributed by atoms with Crippen LogP contribution in [-0.4, -0.2) is 21.3 Å². The highest BCUT2D eigenvalue weighted by atomic mass is 127. The molecule has 20 heavy (non-hydrogen) atoms. The molecule has 3 nitrogen and oxygen atoms in total. The van der Waals surface area contributed by atoms with Crippen LogP contribution in [0.5, 0.6) is 0 Å². The summed E-state index contributed by atoms with van der Waals surface area (Å²) in [7, 11) is 0. The second-order valence-electron chi connectivity index (χ2n) is 4.60. The quantitative estimate of drug-likeness (QED) is 0.455. The number of aryl methyl sites for hydroxylation is 1. The molecule has 0 spiro atoms. The number of hydrogen-bond acceptors (Lipinski definition) is 2. The molecule has 0 saturated carbocycles. The molecule has 2 rings (SSSR count). The third-order valence-corrected chi connectivity index (χ3v) is 5.02. The Morgan fingerprint density at radius 3 is 2.60 bits per heavy atom. The summed E-state index contributed by atoms with van der Waals surface area (Å²) in [6.07, 6.45) is 0.832. The number of hydrogen-bond donors (Lipinski definition) is 1. The van der Waals surface area contributed by atoms with Gasteiger partial charge in [-0.15, -0.1) is 0 Å². The highest BCUT2D eigenvalue weighted by molar-refractivity contribution is 14.1. The molecule has 108 valence electrons. The lowest BCUT2D eigenvalue weighted by molar-refractivity contribution is 0.834. The van der Waals surface area contributed by atoms with E-state index in [4.69, 9.17) is 0 Å². The molecule has 0 radical (unpaired) electrons. The van der Waals surface area contributed by atoms with Crippen LogP contribution in [0.25, 0.3) is 5.69 Å². The molecular formula is C15H19IN2OS. The van der Waals surface area contributed by atoms with Gasteiger partial charge in [0.25, 0.3) is 5.56 Å². The van der Waals surface area contributed by atoms with Gasteiger partial charge >= 0.3 is 0 Å². The van der Waals surface area contributed by atoms with Gasteiger partial charge in [-0.05, 0) is 42.5 Å². The van der Waals surface area contributed by atoms with Gasteiger partial charge in [0.1, 0.15) is 0 Å². The van der Waals surface area contributed by atoms with E-state index in [2.05, 4.69) is 46.7 Å². The molecule has 5 heteroatoms. The van der Waals surface area contributed by atoms with Crippen LogP contribution in [0.15, 0.2) is 29.1 Å². The molecular weight excluding hydrogens is 383 g/mol. The molecule has 0 saturated heterocycles. The van der Waals surface area contributed by atoms with Gasteiger partial charge < -0.3 is 0 Å². The van der Waals surface area contributed by atoms with E-state index in [1.54, 1.807) is 4.68 Å². The van der Waals surface area contributed by atoms with Gasteiger partial charge in [-0.25, -0.2) is 4.68 Å². The fraction of sp³-hybridized carbons (Fsp3) is 0.400. The number of thioether (sulfide) groups is 1. The lowest BCUT2D eigenvalue weighted by Crippen LogP contribution is -2.17. The first-order valence-electron chi connectivity index (χ1n) is 6.71. The largest absolute Gasteiger partial charge is 0.295 e. The molecule has 0 aliphatic carbocycles. The smallest absolute Gasteiger partial charge is 0.274 e. The predicted molar refractivity (Wildman–Crippen MR) is 95.6 cm³/mol. The summed E-state index contributed by atoms with van der Waals surface area (Å²) in [5, 5.41) is 3.19. The summed E-state index contributed by atoms with van der Waals surface area (Å²) in [5.74, 6) is 2.09. The molecule has 1 aromatic carbocycles. The Balaban J connectivity index is 2.28. The summed E-state index contributed by atoms with van der Waals surface area (Å²) in [6.45, 7) is 4.12. The van der Waals surface area contributed by atoms with Crippen LogP contribution in [0.4, 0.5) is 0 Å². The van der Waals surface area contributed by atoms with Crippen LogP contribution in [0.2, 0.25) is 0 Å². The molecule has 0 fully saturated rings. The third-order valence-electron chi connectivity index (χ3n) is 3.24. The standard InChI is InChI=1S/C15H19IN2OS/c1-3-20-9-8-14-11(2)17-18(15(14)19)13-6-4-12(10-16)5-7-13/h4-7,17H,3,8-10H2,1-2H3. The molecule has 0 aliphatic rings. The van der Waals surface area contributed by atoms with Crippen molar-refractivity contribution in [2.24, 2.45) is 0 Å². The van der Waals surface area contributed by atoms with Crippen molar-refractivity contribution in [1.29, 1.82) is 0 Å². The summed E-state index contributed by atoms with van der Waals surface area (Å²) in [5.41, 5.74) is 4.14. The topological polar surface area (TPSA) is 37.8 Å². The Morgan fingerprint density at radius 2 is 2.00 bits per heavy atom. The monoisotopic (exact) mass is 402 g/mol. The minimum absolute atomic E-state index is 0.0847. The summed E-state index contributed by atoms with van der Waals surface area (Å²) in [4.78, 5) is 12.5. The van der Waals surface area contributed by atoms with Crippen LogP contribution in [-0.2, 0) is 10.8 Å². The number of alkyl halides is 1. The normalized spacial score (nSPS) is 10.9. The fourth-order valence-corrected chi connectivity index (χ4v) is 3.26. The maximum Gasteiger partial charge on any atom is 0.274 e. The molecule has 1 N–H and O–H groups in total. The van der Waals surface area contributed by atoms with Crippen molar-refractivity contribution < 1.29 is 0 Å². The highest BCUT2D eigenvalue weighted by Gasteiger charge is 2.11. The molecule has 2 aromatic rings. The van der Waals surface area contributed by atoms with Gasteiger partial charge in [-0.2, -0.15) is 11.8 Å². The average molecular weight is 402 g/mol. The van der Waals surface area contributed by atoms with Crippen molar-refractivity contribution in [3.8, 4) is 5.69 Å². The molecule has 0 unspecified atom stereocenters. The number of nitrogens with one attached hydrogen (secondary N) is 1. The van der Waals surface area contributed by atoms with E-state index in [9.17, 15) is 4.79 Å². The molecule has 0 aliphatic heterocycles. The zero-order chi connectivity index (χ0) is 14.5. The number of aromatic nitrogens is 2. The van der Waals surface area contributed by atoms with Gasteiger partial charge in [0.2, 0.25) is 0 Å². The van der Waals surface area contributed by atoms with Gasteiger partial charge in [-0.1, -0.05) is 41.6 Å². The zero-order valence-corrected chi connectivity index (χ0v) is 14.8. The van der Waals surface area contributed by atoms with E-state index in [1.807, 2.05) is 30.8 Å². The van der Waals surface area contributed by atoms with Gasteiger partial charge in [0.15, 0.2) is 0 Å². The van der Waals surface area contributed by atoms with E-state index in [1.165, 1.54) is 5.56 Å². The van der Waals surface area contributed by atoms with Crippen molar-refractivity contribution in [2.45, 2.75) is 24.7 Å². The summed E-state index contributed by atoms with van der Waals surface area (Å²) in [6, 6.07) is 8.12. The van der Waals surface area contributed by atoms with Crippen molar-refractivity contribution in [1.82, 2.24) is 9.78 Å². The lowest BCUT2D eigenvalue weighted by Gasteiger charge is -2.02. The van der Waals surface area contributed by atoms with Gasteiger partial charge in [-0.3, -0.25) is 9.89 Å². The Labute approximate surface area is 137 Å². The Morgan fingerprint density at radius 1 is 1.30 bits per heavy atom. The van der Waals surface area contributed by atoms with Crippen LogP contribution in [0.3, 0.4) is 0 Å². The number of rotatable bonds is 6. The first-order chi connectivity index (χ1) is 9.67. The maximum atomic E-state index is 12.5. The summed E-state index contributed by atoms with van der Waals surface area (Å²) >= 11 is 4.20. The van der Waals surface area contributed by atoms with Crippen LogP contribution < -0.4 is 5.56 Å². The molecule has 0 atom stereocenters. The molecule has 0 amide bonds. The third kappa shape index (κ3) is 3.49. The fourth-order valence-electron chi connectivity index (χ4n) is 2.11. The Hall–Kier alpha value is -0.690. The number of aromatic amines is 1. The Kier molecular flexibility index (Phi) is 5.77. The lowest BCUT2D eigenvalue weighted by atomic mass is 10.2. The number of nitrogens with zero attached hydrogens (tertiary/aromatic N) is 1. The minimum atomic E-state index is 0.0847. The van der Waals surface area contributed by atoms with Crippen LogP contribution in [0.1, 0.15) is 23.7 Å². The van der Waals surface area contributed by atoms with E-state index in [0.717, 1.165) is 39.3 Å². The van der Waals surface area contributed by atoms with Crippen molar-refractivity contribution >= 4 is 34.4 Å². The number of halogens is 1. The van der Waals surface area contributed by atoms with Gasteiger partial charge in [0.05, 0.1) is 5.69 Å². The second kappa shape index (κ2) is 7.36. The van der Waals surface area contributed by atoms with Crippen molar-refractivity contribution in [2.75, 3.05) is 11.5 Å². The van der Waals surface area contributed by atoms with E-state index in [0.29, 0.717) is 0 Å². The molecule has 1 heterocycles. The van der Waals surface area contributed by atoms with Crippen LogP contribution in [0, 0.1) is 6.92 Å².